The minimum atomic E-state index is -0.922. The molecule has 1 aromatic rings. The Hall–Kier alpha value is -1.22. The van der Waals surface area contributed by atoms with Crippen LogP contribution in [0.3, 0.4) is 0 Å². The van der Waals surface area contributed by atoms with E-state index < -0.39 is 5.97 Å². The zero-order valence-electron chi connectivity index (χ0n) is 10.7. The number of carboxylic acids is 1. The van der Waals surface area contributed by atoms with Crippen molar-refractivity contribution in [3.05, 3.63) is 28.8 Å². The largest absolute Gasteiger partial charge is 0.478 e. The number of hydrogen-bond donors (Lipinski definition) is 1. The Morgan fingerprint density at radius 1 is 1.50 bits per heavy atom. The van der Waals surface area contributed by atoms with Gasteiger partial charge < -0.3 is 10.0 Å². The van der Waals surface area contributed by atoms with Crippen LogP contribution in [0.5, 0.6) is 0 Å². The zero-order chi connectivity index (χ0) is 13.3. The maximum absolute atomic E-state index is 11.3. The molecule has 1 fully saturated rings. The lowest BCUT2D eigenvalue weighted by molar-refractivity contribution is 0.0697. The first-order chi connectivity index (χ1) is 8.49. The number of carboxylic acid groups (broad SMARTS) is 1. The first-order valence-corrected chi connectivity index (χ1v) is 6.66. The van der Waals surface area contributed by atoms with Crippen LogP contribution in [-0.4, -0.2) is 23.7 Å². The highest BCUT2D eigenvalue weighted by Gasteiger charge is 2.27. The lowest BCUT2D eigenvalue weighted by Gasteiger charge is -2.30. The third-order valence-corrected chi connectivity index (χ3v) is 3.51. The Kier molecular flexibility index (Phi) is 3.81. The van der Waals surface area contributed by atoms with Gasteiger partial charge in [0.15, 0.2) is 0 Å². The molecule has 4 heteroatoms. The molecule has 0 unspecified atom stereocenters. The van der Waals surface area contributed by atoms with E-state index in [0.717, 1.165) is 12.2 Å². The molecule has 1 N–H and O–H groups in total. The number of hydrogen-bond acceptors (Lipinski definition) is 2. The van der Waals surface area contributed by atoms with Gasteiger partial charge in [-0.25, -0.2) is 4.79 Å². The Morgan fingerprint density at radius 2 is 2.17 bits per heavy atom. The zero-order valence-corrected chi connectivity index (χ0v) is 11.4. The monoisotopic (exact) mass is 267 g/mol. The first-order valence-electron chi connectivity index (χ1n) is 6.28. The van der Waals surface area contributed by atoms with E-state index >= 15 is 0 Å². The maximum atomic E-state index is 11.3. The molecule has 0 amide bonds. The summed E-state index contributed by atoms with van der Waals surface area (Å²) in [7, 11) is 0. The molecule has 1 aliphatic carbocycles. The topological polar surface area (TPSA) is 40.5 Å². The lowest BCUT2D eigenvalue weighted by atomic mass is 10.1. The highest BCUT2D eigenvalue weighted by Crippen LogP contribution is 2.34. The van der Waals surface area contributed by atoms with E-state index in [-0.39, 0.29) is 11.6 Å². The highest BCUT2D eigenvalue weighted by molar-refractivity contribution is 6.31. The minimum absolute atomic E-state index is 0.282. The van der Waals surface area contributed by atoms with Crippen LogP contribution < -0.4 is 4.90 Å². The molecule has 0 saturated heterocycles. The summed E-state index contributed by atoms with van der Waals surface area (Å²) < 4.78 is 0. The highest BCUT2D eigenvalue weighted by atomic mass is 35.5. The predicted molar refractivity (Wildman–Crippen MR) is 73.6 cm³/mol. The van der Waals surface area contributed by atoms with Gasteiger partial charge >= 0.3 is 5.97 Å². The molecule has 0 atom stereocenters. The van der Waals surface area contributed by atoms with Gasteiger partial charge in [-0.05, 0) is 50.8 Å². The second kappa shape index (κ2) is 5.19. The van der Waals surface area contributed by atoms with Gasteiger partial charge in [0.2, 0.25) is 0 Å². The Labute approximate surface area is 112 Å². The number of halogens is 1. The Morgan fingerprint density at radius 3 is 2.67 bits per heavy atom. The third-order valence-electron chi connectivity index (χ3n) is 3.27. The summed E-state index contributed by atoms with van der Waals surface area (Å²) in [5.74, 6) is -0.210. The first kappa shape index (κ1) is 13.2. The average Bonchev–Trinajstić information content (AvgIpc) is 3.09. The van der Waals surface area contributed by atoms with E-state index in [4.69, 9.17) is 11.6 Å². The fourth-order valence-electron chi connectivity index (χ4n) is 2.10. The lowest BCUT2D eigenvalue weighted by Crippen LogP contribution is -2.34. The van der Waals surface area contributed by atoms with Crippen LogP contribution in [0.2, 0.25) is 5.02 Å². The normalized spacial score (nSPS) is 14.9. The summed E-state index contributed by atoms with van der Waals surface area (Å²) in [6.45, 7) is 5.10. The quantitative estimate of drug-likeness (QED) is 0.885. The Balaban J connectivity index is 2.35. The molecule has 0 aliphatic heterocycles. The SMILES string of the molecule is CC(C)N(CC1CC1)c1ccc(Cl)cc1C(=O)O. The van der Waals surface area contributed by atoms with Crippen molar-refractivity contribution in [1.29, 1.82) is 0 Å². The van der Waals surface area contributed by atoms with Crippen molar-refractivity contribution in [2.75, 3.05) is 11.4 Å². The molecule has 1 aliphatic rings. The number of rotatable bonds is 5. The molecule has 0 radical (unpaired) electrons. The molecule has 1 saturated carbocycles. The van der Waals surface area contributed by atoms with Crippen LogP contribution in [0.25, 0.3) is 0 Å². The smallest absolute Gasteiger partial charge is 0.337 e. The maximum Gasteiger partial charge on any atom is 0.337 e. The van der Waals surface area contributed by atoms with Gasteiger partial charge in [0, 0.05) is 17.6 Å². The fourth-order valence-corrected chi connectivity index (χ4v) is 2.27. The van der Waals surface area contributed by atoms with E-state index in [1.165, 1.54) is 18.9 Å². The summed E-state index contributed by atoms with van der Waals surface area (Å²) in [5, 5.41) is 9.75. The summed E-state index contributed by atoms with van der Waals surface area (Å²) in [6, 6.07) is 5.38. The van der Waals surface area contributed by atoms with Crippen molar-refractivity contribution >= 4 is 23.3 Å². The molecule has 0 heterocycles. The van der Waals surface area contributed by atoms with Crippen molar-refractivity contribution in [2.45, 2.75) is 32.7 Å². The van der Waals surface area contributed by atoms with Gasteiger partial charge in [0.1, 0.15) is 0 Å². The van der Waals surface area contributed by atoms with Crippen molar-refractivity contribution in [3.8, 4) is 0 Å². The third kappa shape index (κ3) is 2.96. The van der Waals surface area contributed by atoms with Gasteiger partial charge in [0.25, 0.3) is 0 Å². The van der Waals surface area contributed by atoms with E-state index in [2.05, 4.69) is 18.7 Å². The molecular weight excluding hydrogens is 250 g/mol. The van der Waals surface area contributed by atoms with Crippen LogP contribution in [0, 0.1) is 5.92 Å². The summed E-state index contributed by atoms with van der Waals surface area (Å²) in [4.78, 5) is 13.5. The summed E-state index contributed by atoms with van der Waals surface area (Å²) in [6.07, 6.45) is 2.50. The van der Waals surface area contributed by atoms with Crippen LogP contribution >= 0.6 is 11.6 Å². The second-order valence-electron chi connectivity index (χ2n) is 5.16. The Bertz CT molecular complexity index is 455. The summed E-state index contributed by atoms with van der Waals surface area (Å²) >= 11 is 5.88. The van der Waals surface area contributed by atoms with Crippen LogP contribution in [0.4, 0.5) is 5.69 Å². The van der Waals surface area contributed by atoms with Crippen molar-refractivity contribution in [2.24, 2.45) is 5.92 Å². The van der Waals surface area contributed by atoms with E-state index in [1.54, 1.807) is 6.07 Å². The van der Waals surface area contributed by atoms with Crippen molar-refractivity contribution in [1.82, 2.24) is 0 Å². The molecule has 1 aromatic carbocycles. The van der Waals surface area contributed by atoms with Gasteiger partial charge in [0.05, 0.1) is 11.3 Å². The average molecular weight is 268 g/mol. The molecule has 0 bridgehead atoms. The van der Waals surface area contributed by atoms with Crippen LogP contribution in [-0.2, 0) is 0 Å². The van der Waals surface area contributed by atoms with E-state index in [9.17, 15) is 9.90 Å². The fraction of sp³-hybridized carbons (Fsp3) is 0.500. The molecule has 3 nitrogen and oxygen atoms in total. The van der Waals surface area contributed by atoms with Gasteiger partial charge in [-0.15, -0.1) is 0 Å². The molecule has 0 aromatic heterocycles. The molecule has 18 heavy (non-hydrogen) atoms. The van der Waals surface area contributed by atoms with Crippen molar-refractivity contribution < 1.29 is 9.90 Å². The molecule has 98 valence electrons. The number of carbonyl (C=O) groups is 1. The predicted octanol–water partition coefficient (Wildman–Crippen LogP) is 3.66. The summed E-state index contributed by atoms with van der Waals surface area (Å²) in [5.41, 5.74) is 1.06. The van der Waals surface area contributed by atoms with Gasteiger partial charge in [-0.1, -0.05) is 11.6 Å². The van der Waals surface area contributed by atoms with E-state index in [0.29, 0.717) is 10.9 Å². The van der Waals surface area contributed by atoms with Gasteiger partial charge in [-0.3, -0.25) is 0 Å². The second-order valence-corrected chi connectivity index (χ2v) is 5.59. The molecule has 2 rings (SSSR count). The molecule has 0 spiro atoms. The number of anilines is 1. The standard InChI is InChI=1S/C14H18ClNO2/c1-9(2)16(8-10-3-4-10)13-6-5-11(15)7-12(13)14(17)18/h5-7,9-10H,3-4,8H2,1-2H3,(H,17,18). The number of benzene rings is 1. The molecular formula is C14H18ClNO2. The van der Waals surface area contributed by atoms with Crippen molar-refractivity contribution in [3.63, 3.8) is 0 Å². The minimum Gasteiger partial charge on any atom is -0.478 e. The van der Waals surface area contributed by atoms with Crippen LogP contribution in [0.1, 0.15) is 37.0 Å². The number of nitrogens with zero attached hydrogens (tertiary/aromatic N) is 1. The van der Waals surface area contributed by atoms with Crippen LogP contribution in [0.15, 0.2) is 18.2 Å². The number of aromatic carboxylic acids is 1. The van der Waals surface area contributed by atoms with Gasteiger partial charge in [-0.2, -0.15) is 0 Å². The van der Waals surface area contributed by atoms with E-state index in [1.807, 2.05) is 6.07 Å².